The van der Waals surface area contributed by atoms with Gasteiger partial charge in [-0.05, 0) is 17.5 Å². The summed E-state index contributed by atoms with van der Waals surface area (Å²) in [6.07, 6.45) is 2.15. The lowest BCUT2D eigenvalue weighted by atomic mass is 10.0. The Morgan fingerprint density at radius 2 is 1.52 bits per heavy atom. The molecule has 8 heteroatoms. The molecule has 0 unspecified atom stereocenters. The number of likely N-dealkylation sites (N-methyl/N-ethyl adjacent to an activating group) is 1. The molecule has 0 fully saturated rings. The van der Waals surface area contributed by atoms with Crippen molar-refractivity contribution < 1.29 is 18.0 Å². The molecule has 1 atom stereocenters. The van der Waals surface area contributed by atoms with Gasteiger partial charge in [-0.2, -0.15) is 4.31 Å². The van der Waals surface area contributed by atoms with Crippen LogP contribution in [0.4, 0.5) is 0 Å². The van der Waals surface area contributed by atoms with Gasteiger partial charge < -0.3 is 10.2 Å². The van der Waals surface area contributed by atoms with Gasteiger partial charge in [-0.1, -0.05) is 67.6 Å². The summed E-state index contributed by atoms with van der Waals surface area (Å²) in [7, 11) is -2.18. The smallest absolute Gasteiger partial charge is 0.243 e. The number of nitrogens with zero attached hydrogens (tertiary/aromatic N) is 2. The highest BCUT2D eigenvalue weighted by Crippen LogP contribution is 2.15. The highest BCUT2D eigenvalue weighted by molar-refractivity contribution is 7.88. The standard InChI is InChI=1S/C23H31N3O4S/c1-4-15-24-23(28)21(16-19-11-7-5-8-12-19)26(17-20-13-9-6-10-14-20)22(27)18-25(2)31(3,29)30/h5-14,21H,4,15-18H2,1-3H3,(H,24,28)/t21-/m1/s1. The molecular weight excluding hydrogens is 414 g/mol. The van der Waals surface area contributed by atoms with Crippen LogP contribution in [-0.4, -0.2) is 61.9 Å². The lowest BCUT2D eigenvalue weighted by Crippen LogP contribution is -2.53. The minimum Gasteiger partial charge on any atom is -0.354 e. The van der Waals surface area contributed by atoms with Crippen molar-refractivity contribution in [3.63, 3.8) is 0 Å². The first-order chi connectivity index (χ1) is 14.7. The molecule has 0 aliphatic heterocycles. The van der Waals surface area contributed by atoms with Crippen molar-refractivity contribution in [2.45, 2.75) is 32.4 Å². The van der Waals surface area contributed by atoms with E-state index in [1.54, 1.807) is 0 Å². The number of benzene rings is 2. The summed E-state index contributed by atoms with van der Waals surface area (Å²) >= 11 is 0. The lowest BCUT2D eigenvalue weighted by Gasteiger charge is -2.32. The fourth-order valence-corrected chi connectivity index (χ4v) is 3.44. The van der Waals surface area contributed by atoms with Gasteiger partial charge in [-0.3, -0.25) is 9.59 Å². The fraction of sp³-hybridized carbons (Fsp3) is 0.391. The van der Waals surface area contributed by atoms with Crippen LogP contribution in [0, 0.1) is 0 Å². The summed E-state index contributed by atoms with van der Waals surface area (Å²) < 4.78 is 24.7. The van der Waals surface area contributed by atoms with Crippen molar-refractivity contribution in [3.05, 3.63) is 71.8 Å². The Kier molecular flexibility index (Phi) is 9.21. The van der Waals surface area contributed by atoms with Crippen LogP contribution >= 0.6 is 0 Å². The second-order valence-electron chi connectivity index (χ2n) is 7.52. The minimum absolute atomic E-state index is 0.203. The molecule has 2 aromatic carbocycles. The Balaban J connectivity index is 2.39. The highest BCUT2D eigenvalue weighted by atomic mass is 32.2. The number of rotatable bonds is 11. The predicted octanol–water partition coefficient (Wildman–Crippen LogP) is 2.04. The molecule has 168 valence electrons. The molecule has 0 bridgehead atoms. The average Bonchev–Trinajstić information content (AvgIpc) is 2.75. The van der Waals surface area contributed by atoms with E-state index in [9.17, 15) is 18.0 Å². The summed E-state index contributed by atoms with van der Waals surface area (Å²) in [6, 6.07) is 18.1. The molecule has 0 spiro atoms. The Labute approximate surface area is 185 Å². The Morgan fingerprint density at radius 3 is 2.03 bits per heavy atom. The van der Waals surface area contributed by atoms with Gasteiger partial charge in [0.15, 0.2) is 0 Å². The number of sulfonamides is 1. The maximum Gasteiger partial charge on any atom is 0.243 e. The van der Waals surface area contributed by atoms with Crippen LogP contribution in [0.1, 0.15) is 24.5 Å². The van der Waals surface area contributed by atoms with Gasteiger partial charge in [0.25, 0.3) is 0 Å². The first-order valence-corrected chi connectivity index (χ1v) is 12.1. The lowest BCUT2D eigenvalue weighted by molar-refractivity contribution is -0.141. The van der Waals surface area contributed by atoms with E-state index in [-0.39, 0.29) is 19.0 Å². The van der Waals surface area contributed by atoms with Crippen LogP contribution in [0.3, 0.4) is 0 Å². The maximum atomic E-state index is 13.3. The summed E-state index contributed by atoms with van der Waals surface area (Å²) in [5.74, 6) is -0.679. The number of carbonyl (C=O) groups excluding carboxylic acids is 2. The van der Waals surface area contributed by atoms with Crippen LogP contribution in [0.25, 0.3) is 0 Å². The van der Waals surface area contributed by atoms with E-state index in [4.69, 9.17) is 0 Å². The second-order valence-corrected chi connectivity index (χ2v) is 9.61. The monoisotopic (exact) mass is 445 g/mol. The first kappa shape index (κ1) is 24.6. The Morgan fingerprint density at radius 1 is 0.968 bits per heavy atom. The number of carbonyl (C=O) groups is 2. The molecule has 2 aromatic rings. The van der Waals surface area contributed by atoms with Crippen molar-refractivity contribution in [1.82, 2.24) is 14.5 Å². The zero-order valence-electron chi connectivity index (χ0n) is 18.3. The summed E-state index contributed by atoms with van der Waals surface area (Å²) in [6.45, 7) is 2.33. The number of amides is 2. The van der Waals surface area contributed by atoms with Gasteiger partial charge in [0.1, 0.15) is 6.04 Å². The average molecular weight is 446 g/mol. The molecule has 0 saturated carbocycles. The third-order valence-corrected chi connectivity index (χ3v) is 6.20. The topological polar surface area (TPSA) is 86.8 Å². The second kappa shape index (κ2) is 11.6. The number of hydrogen-bond donors (Lipinski definition) is 1. The zero-order valence-corrected chi connectivity index (χ0v) is 19.1. The van der Waals surface area contributed by atoms with E-state index < -0.39 is 22.0 Å². The molecular formula is C23H31N3O4S. The third kappa shape index (κ3) is 7.80. The fourth-order valence-electron chi connectivity index (χ4n) is 3.10. The molecule has 0 aromatic heterocycles. The van der Waals surface area contributed by atoms with Crippen LogP contribution in [0.5, 0.6) is 0 Å². The summed E-state index contributed by atoms with van der Waals surface area (Å²) in [5, 5.41) is 2.89. The molecule has 0 heterocycles. The molecule has 0 aliphatic carbocycles. The van der Waals surface area contributed by atoms with E-state index in [2.05, 4.69) is 5.32 Å². The summed E-state index contributed by atoms with van der Waals surface area (Å²) in [5.41, 5.74) is 1.78. The quantitative estimate of drug-likeness (QED) is 0.574. The summed E-state index contributed by atoms with van der Waals surface area (Å²) in [4.78, 5) is 27.8. The van der Waals surface area contributed by atoms with E-state index >= 15 is 0 Å². The third-order valence-electron chi connectivity index (χ3n) is 4.94. The largest absolute Gasteiger partial charge is 0.354 e. The molecule has 31 heavy (non-hydrogen) atoms. The molecule has 0 saturated heterocycles. The van der Waals surface area contributed by atoms with Crippen LogP contribution in [0.15, 0.2) is 60.7 Å². The van der Waals surface area contributed by atoms with E-state index in [1.165, 1.54) is 11.9 Å². The van der Waals surface area contributed by atoms with Crippen molar-refractivity contribution in [1.29, 1.82) is 0 Å². The van der Waals surface area contributed by atoms with Crippen molar-refractivity contribution >= 4 is 21.8 Å². The van der Waals surface area contributed by atoms with Crippen molar-refractivity contribution in [3.8, 4) is 0 Å². The Bertz CT molecular complexity index is 949. The van der Waals surface area contributed by atoms with Gasteiger partial charge in [-0.15, -0.1) is 0 Å². The van der Waals surface area contributed by atoms with Gasteiger partial charge in [0.2, 0.25) is 21.8 Å². The molecule has 7 nitrogen and oxygen atoms in total. The minimum atomic E-state index is -3.54. The molecule has 2 rings (SSSR count). The normalized spacial score (nSPS) is 12.4. The maximum absolute atomic E-state index is 13.3. The van der Waals surface area contributed by atoms with E-state index in [0.29, 0.717) is 13.0 Å². The van der Waals surface area contributed by atoms with Crippen LogP contribution in [-0.2, 0) is 32.6 Å². The van der Waals surface area contributed by atoms with Crippen molar-refractivity contribution in [2.24, 2.45) is 0 Å². The molecule has 0 radical (unpaired) electrons. The first-order valence-electron chi connectivity index (χ1n) is 10.3. The zero-order chi connectivity index (χ0) is 22.9. The van der Waals surface area contributed by atoms with Gasteiger partial charge >= 0.3 is 0 Å². The van der Waals surface area contributed by atoms with E-state index in [0.717, 1.165) is 28.1 Å². The van der Waals surface area contributed by atoms with Gasteiger partial charge in [0.05, 0.1) is 12.8 Å². The highest BCUT2D eigenvalue weighted by Gasteiger charge is 2.31. The molecule has 1 N–H and O–H groups in total. The van der Waals surface area contributed by atoms with E-state index in [1.807, 2.05) is 67.6 Å². The van der Waals surface area contributed by atoms with Crippen LogP contribution < -0.4 is 5.32 Å². The predicted molar refractivity (Wildman–Crippen MR) is 122 cm³/mol. The molecule has 2 amide bonds. The van der Waals surface area contributed by atoms with Gasteiger partial charge in [0, 0.05) is 26.6 Å². The Hall–Kier alpha value is -2.71. The number of nitrogens with one attached hydrogen (secondary N) is 1. The number of hydrogen-bond acceptors (Lipinski definition) is 4. The SMILES string of the molecule is CCCNC(=O)[C@@H](Cc1ccccc1)N(Cc1ccccc1)C(=O)CN(C)S(C)(=O)=O. The molecule has 0 aliphatic rings. The van der Waals surface area contributed by atoms with Crippen molar-refractivity contribution in [2.75, 3.05) is 26.4 Å². The van der Waals surface area contributed by atoms with Gasteiger partial charge in [-0.25, -0.2) is 8.42 Å². The van der Waals surface area contributed by atoms with Crippen LogP contribution in [0.2, 0.25) is 0 Å².